The van der Waals surface area contributed by atoms with Crippen molar-refractivity contribution in [1.29, 1.82) is 0 Å². The van der Waals surface area contributed by atoms with Crippen LogP contribution in [0, 0.1) is 6.92 Å². The number of fused-ring (bicyclic) bond motifs is 1. The minimum Gasteiger partial charge on any atom is -0.265 e. The largest absolute Gasteiger partial charge is 0.273 e. The number of nitrogens with zero attached hydrogens (tertiary/aromatic N) is 1. The van der Waals surface area contributed by atoms with Crippen molar-refractivity contribution in [3.63, 3.8) is 0 Å². The highest BCUT2D eigenvalue weighted by molar-refractivity contribution is 9.11. The first-order chi connectivity index (χ1) is 9.50. The number of rotatable bonds is 2. The molecule has 6 heteroatoms. The monoisotopic (exact) mass is 371 g/mol. The first-order valence-corrected chi connectivity index (χ1v) is 9.41. The van der Waals surface area contributed by atoms with Crippen LogP contribution in [-0.4, -0.2) is 15.0 Å². The number of anilines is 1. The molecule has 0 radical (unpaired) electrons. The van der Waals surface area contributed by atoms with Gasteiger partial charge in [-0.15, -0.1) is 11.3 Å². The van der Waals surface area contributed by atoms with Gasteiger partial charge < -0.3 is 0 Å². The molecule has 1 aliphatic rings. The van der Waals surface area contributed by atoms with Gasteiger partial charge in [-0.3, -0.25) is 4.31 Å². The predicted molar refractivity (Wildman–Crippen MR) is 86.1 cm³/mol. The Hall–Kier alpha value is -0.850. The molecule has 3 rings (SSSR count). The zero-order valence-corrected chi connectivity index (χ0v) is 14.2. The lowest BCUT2D eigenvalue weighted by Gasteiger charge is -2.31. The summed E-state index contributed by atoms with van der Waals surface area (Å²) in [5.41, 5.74) is 3.00. The summed E-state index contributed by atoms with van der Waals surface area (Å²) >= 11 is 4.59. The van der Waals surface area contributed by atoms with Crippen LogP contribution >= 0.6 is 27.3 Å². The molecule has 0 fully saturated rings. The zero-order chi connectivity index (χ0) is 14.3. The van der Waals surface area contributed by atoms with Crippen molar-refractivity contribution in [3.8, 4) is 0 Å². The summed E-state index contributed by atoms with van der Waals surface area (Å²) in [6.45, 7) is 2.52. The van der Waals surface area contributed by atoms with E-state index >= 15 is 0 Å². The average Bonchev–Trinajstić information content (AvgIpc) is 2.86. The second kappa shape index (κ2) is 5.16. The number of aryl methyl sites for hydroxylation is 2. The number of para-hydroxylation sites is 1. The summed E-state index contributed by atoms with van der Waals surface area (Å²) in [6.07, 6.45) is 1.80. The molecular weight excluding hydrogens is 358 g/mol. The molecule has 0 amide bonds. The van der Waals surface area contributed by atoms with Crippen LogP contribution in [0.1, 0.15) is 17.5 Å². The van der Waals surface area contributed by atoms with Gasteiger partial charge in [-0.25, -0.2) is 8.42 Å². The van der Waals surface area contributed by atoms with Gasteiger partial charge >= 0.3 is 0 Å². The standard InChI is InChI=1S/C14H14BrNO2S2/c1-10-4-2-5-11-6-3-9-16(14(10)11)20(17,18)13-8-7-12(15)19-13/h2,4-5,7-8H,3,6,9H2,1H3. The van der Waals surface area contributed by atoms with Crippen molar-refractivity contribution in [2.24, 2.45) is 0 Å². The molecule has 0 saturated carbocycles. The van der Waals surface area contributed by atoms with Crippen LogP contribution in [0.25, 0.3) is 0 Å². The van der Waals surface area contributed by atoms with E-state index in [1.807, 2.05) is 25.1 Å². The molecular formula is C14H14BrNO2S2. The number of halogens is 1. The van der Waals surface area contributed by atoms with Gasteiger partial charge in [0.15, 0.2) is 0 Å². The molecule has 0 atom stereocenters. The molecule has 1 aliphatic heterocycles. The van der Waals surface area contributed by atoms with Crippen molar-refractivity contribution < 1.29 is 8.42 Å². The molecule has 0 unspecified atom stereocenters. The number of benzene rings is 1. The van der Waals surface area contributed by atoms with Crippen LogP contribution in [0.15, 0.2) is 38.3 Å². The molecule has 1 aromatic heterocycles. The average molecular weight is 372 g/mol. The molecule has 3 nitrogen and oxygen atoms in total. The Morgan fingerprint density at radius 1 is 1.25 bits per heavy atom. The molecule has 2 aromatic rings. The Morgan fingerprint density at radius 3 is 2.75 bits per heavy atom. The van der Waals surface area contributed by atoms with Gasteiger partial charge in [-0.1, -0.05) is 18.2 Å². The number of sulfonamides is 1. The maximum absolute atomic E-state index is 12.8. The Balaban J connectivity index is 2.13. The van der Waals surface area contributed by atoms with Gasteiger partial charge in [-0.2, -0.15) is 0 Å². The molecule has 0 aliphatic carbocycles. The van der Waals surface area contributed by atoms with E-state index < -0.39 is 10.0 Å². The fourth-order valence-corrected chi connectivity index (χ4v) is 6.32. The third-order valence-corrected chi connectivity index (χ3v) is 7.36. The summed E-state index contributed by atoms with van der Waals surface area (Å²) < 4.78 is 28.5. The van der Waals surface area contributed by atoms with E-state index in [1.165, 1.54) is 11.3 Å². The SMILES string of the molecule is Cc1cccc2c1N(S(=O)(=O)c1ccc(Br)s1)CCC2. The van der Waals surface area contributed by atoms with Crippen LogP contribution < -0.4 is 4.31 Å². The van der Waals surface area contributed by atoms with Crippen molar-refractivity contribution in [2.75, 3.05) is 10.8 Å². The van der Waals surface area contributed by atoms with E-state index in [1.54, 1.807) is 16.4 Å². The third-order valence-electron chi connectivity index (χ3n) is 3.47. The van der Waals surface area contributed by atoms with E-state index in [-0.39, 0.29) is 0 Å². The maximum atomic E-state index is 12.8. The topological polar surface area (TPSA) is 37.4 Å². The highest BCUT2D eigenvalue weighted by atomic mass is 79.9. The summed E-state index contributed by atoms with van der Waals surface area (Å²) in [5.74, 6) is 0. The Bertz CT molecular complexity index is 752. The zero-order valence-electron chi connectivity index (χ0n) is 11.0. The van der Waals surface area contributed by atoms with Crippen LogP contribution in [0.4, 0.5) is 5.69 Å². The lowest BCUT2D eigenvalue weighted by atomic mass is 10.0. The van der Waals surface area contributed by atoms with Crippen LogP contribution in [-0.2, 0) is 16.4 Å². The minimum atomic E-state index is -3.46. The lowest BCUT2D eigenvalue weighted by molar-refractivity contribution is 0.588. The van der Waals surface area contributed by atoms with Crippen molar-refractivity contribution in [1.82, 2.24) is 0 Å². The summed E-state index contributed by atoms with van der Waals surface area (Å²) in [5, 5.41) is 0. The van der Waals surface area contributed by atoms with Gasteiger partial charge in [0.1, 0.15) is 4.21 Å². The van der Waals surface area contributed by atoms with Crippen LogP contribution in [0.3, 0.4) is 0 Å². The highest BCUT2D eigenvalue weighted by Gasteiger charge is 2.31. The quantitative estimate of drug-likeness (QED) is 0.800. The van der Waals surface area contributed by atoms with Gasteiger partial charge in [0.25, 0.3) is 10.0 Å². The normalized spacial score (nSPS) is 15.2. The summed E-state index contributed by atoms with van der Waals surface area (Å²) in [4.78, 5) is 0. The number of hydrogen-bond acceptors (Lipinski definition) is 3. The molecule has 2 heterocycles. The highest BCUT2D eigenvalue weighted by Crippen LogP contribution is 2.37. The van der Waals surface area contributed by atoms with E-state index in [0.717, 1.165) is 33.4 Å². The maximum Gasteiger partial charge on any atom is 0.273 e. The minimum absolute atomic E-state index is 0.389. The predicted octanol–water partition coefficient (Wildman–Crippen LogP) is 3.96. The molecule has 20 heavy (non-hydrogen) atoms. The molecule has 0 bridgehead atoms. The van der Waals surface area contributed by atoms with E-state index in [4.69, 9.17) is 0 Å². The lowest BCUT2D eigenvalue weighted by Crippen LogP contribution is -2.35. The molecule has 0 spiro atoms. The van der Waals surface area contributed by atoms with Gasteiger partial charge in [0.2, 0.25) is 0 Å². The third kappa shape index (κ3) is 2.29. The second-order valence-electron chi connectivity index (χ2n) is 4.82. The Labute approximate surface area is 131 Å². The fraction of sp³-hybridized carbons (Fsp3) is 0.286. The Morgan fingerprint density at radius 2 is 2.05 bits per heavy atom. The number of thiophene rings is 1. The van der Waals surface area contributed by atoms with Crippen LogP contribution in [0.5, 0.6) is 0 Å². The molecule has 106 valence electrons. The van der Waals surface area contributed by atoms with E-state index in [9.17, 15) is 8.42 Å². The molecule has 1 aromatic carbocycles. The van der Waals surface area contributed by atoms with Gasteiger partial charge in [-0.05, 0) is 59.0 Å². The smallest absolute Gasteiger partial charge is 0.265 e. The van der Waals surface area contributed by atoms with Crippen molar-refractivity contribution >= 4 is 43.0 Å². The first kappa shape index (κ1) is 14.1. The van der Waals surface area contributed by atoms with E-state index in [2.05, 4.69) is 15.9 Å². The fourth-order valence-electron chi connectivity index (χ4n) is 2.59. The molecule has 0 N–H and O–H groups in total. The first-order valence-electron chi connectivity index (χ1n) is 6.37. The summed E-state index contributed by atoms with van der Waals surface area (Å²) in [7, 11) is -3.46. The molecule has 0 saturated heterocycles. The van der Waals surface area contributed by atoms with E-state index in [0.29, 0.717) is 10.8 Å². The van der Waals surface area contributed by atoms with Crippen molar-refractivity contribution in [2.45, 2.75) is 24.0 Å². The van der Waals surface area contributed by atoms with Crippen molar-refractivity contribution in [3.05, 3.63) is 45.2 Å². The second-order valence-corrected chi connectivity index (χ2v) is 9.37. The van der Waals surface area contributed by atoms with Crippen LogP contribution in [0.2, 0.25) is 0 Å². The Kier molecular flexibility index (Phi) is 3.64. The summed E-state index contributed by atoms with van der Waals surface area (Å²) in [6, 6.07) is 9.42. The van der Waals surface area contributed by atoms with Gasteiger partial charge in [0.05, 0.1) is 9.47 Å². The van der Waals surface area contributed by atoms with Gasteiger partial charge in [0, 0.05) is 6.54 Å². The number of hydrogen-bond donors (Lipinski definition) is 0.